The second kappa shape index (κ2) is 6.57. The Balaban J connectivity index is 1.97. The van der Waals surface area contributed by atoms with E-state index in [1.165, 1.54) is 33.5 Å². The Morgan fingerprint density at radius 2 is 1.62 bits per heavy atom. The van der Waals surface area contributed by atoms with Crippen molar-refractivity contribution in [2.24, 2.45) is 0 Å². The SMILES string of the molecule is C=C1Cc2ccc(-c3ccccc3)cc2-c2cccc[n+]2C1(CC)CC. The molecule has 2 heterocycles. The number of allylic oxidation sites excluding steroid dienone is 1. The van der Waals surface area contributed by atoms with E-state index in [1.807, 2.05) is 0 Å². The van der Waals surface area contributed by atoms with Crippen molar-refractivity contribution in [3.8, 4) is 22.4 Å². The number of rotatable bonds is 3. The lowest BCUT2D eigenvalue weighted by Crippen LogP contribution is -2.57. The lowest BCUT2D eigenvalue weighted by Gasteiger charge is -2.28. The van der Waals surface area contributed by atoms with Gasteiger partial charge in [-0.05, 0) is 34.4 Å². The van der Waals surface area contributed by atoms with Gasteiger partial charge < -0.3 is 0 Å². The maximum absolute atomic E-state index is 4.53. The smallest absolute Gasteiger partial charge is 0.189 e. The van der Waals surface area contributed by atoms with E-state index < -0.39 is 0 Å². The molecule has 0 bridgehead atoms. The molecule has 2 aromatic carbocycles. The molecular weight excluding hydrogens is 314 g/mol. The van der Waals surface area contributed by atoms with Gasteiger partial charge >= 0.3 is 0 Å². The number of nitrogens with zero attached hydrogens (tertiary/aromatic N) is 1. The normalized spacial score (nSPS) is 15.1. The van der Waals surface area contributed by atoms with E-state index in [1.54, 1.807) is 0 Å². The van der Waals surface area contributed by atoms with Gasteiger partial charge in [0.05, 0.1) is 5.56 Å². The molecule has 0 saturated heterocycles. The molecule has 0 atom stereocenters. The molecule has 1 nitrogen and oxygen atoms in total. The van der Waals surface area contributed by atoms with Crippen LogP contribution < -0.4 is 4.57 Å². The summed E-state index contributed by atoms with van der Waals surface area (Å²) in [5.74, 6) is 0. The molecule has 0 aliphatic carbocycles. The van der Waals surface area contributed by atoms with Crippen molar-refractivity contribution in [3.63, 3.8) is 0 Å². The molecule has 0 unspecified atom stereocenters. The number of fused-ring (bicyclic) bond motifs is 3. The minimum absolute atomic E-state index is 0.0114. The van der Waals surface area contributed by atoms with E-state index in [-0.39, 0.29) is 5.54 Å². The van der Waals surface area contributed by atoms with Gasteiger partial charge in [-0.3, -0.25) is 0 Å². The highest BCUT2D eigenvalue weighted by Gasteiger charge is 2.43. The first kappa shape index (κ1) is 16.8. The number of pyridine rings is 1. The molecule has 0 fully saturated rings. The molecule has 0 N–H and O–H groups in total. The Kier molecular flexibility index (Phi) is 4.24. The quantitative estimate of drug-likeness (QED) is 0.410. The number of hydrogen-bond donors (Lipinski definition) is 0. The predicted molar refractivity (Wildman–Crippen MR) is 109 cm³/mol. The van der Waals surface area contributed by atoms with Crippen LogP contribution in [0.1, 0.15) is 32.3 Å². The second-order valence-electron chi connectivity index (χ2n) is 7.21. The van der Waals surface area contributed by atoms with E-state index in [0.29, 0.717) is 0 Å². The lowest BCUT2D eigenvalue weighted by atomic mass is 9.82. The van der Waals surface area contributed by atoms with Gasteiger partial charge in [0.25, 0.3) is 0 Å². The highest BCUT2D eigenvalue weighted by Crippen LogP contribution is 2.38. The summed E-state index contributed by atoms with van der Waals surface area (Å²) in [6.45, 7) is 9.09. The maximum Gasteiger partial charge on any atom is 0.213 e. The number of benzene rings is 2. The van der Waals surface area contributed by atoms with Crippen molar-refractivity contribution in [1.82, 2.24) is 0 Å². The molecule has 0 saturated carbocycles. The molecule has 1 heteroatoms. The first-order valence-corrected chi connectivity index (χ1v) is 9.57. The van der Waals surface area contributed by atoms with Gasteiger partial charge in [0.1, 0.15) is 0 Å². The third kappa shape index (κ3) is 2.50. The first-order valence-electron chi connectivity index (χ1n) is 9.57. The highest BCUT2D eigenvalue weighted by atomic mass is 15.1. The van der Waals surface area contributed by atoms with Gasteiger partial charge in [0.2, 0.25) is 5.69 Å². The fourth-order valence-corrected chi connectivity index (χ4v) is 4.47. The number of aromatic nitrogens is 1. The monoisotopic (exact) mass is 340 g/mol. The summed E-state index contributed by atoms with van der Waals surface area (Å²) in [5, 5.41) is 0. The average molecular weight is 340 g/mol. The highest BCUT2D eigenvalue weighted by molar-refractivity contribution is 5.73. The van der Waals surface area contributed by atoms with Crippen LogP contribution in [0, 0.1) is 0 Å². The van der Waals surface area contributed by atoms with Gasteiger partial charge in [-0.25, -0.2) is 0 Å². The topological polar surface area (TPSA) is 3.88 Å². The summed E-state index contributed by atoms with van der Waals surface area (Å²) in [6.07, 6.45) is 5.29. The van der Waals surface area contributed by atoms with Crippen molar-refractivity contribution in [2.45, 2.75) is 38.6 Å². The van der Waals surface area contributed by atoms with Gasteiger partial charge in [0, 0.05) is 31.4 Å². The summed E-state index contributed by atoms with van der Waals surface area (Å²) in [4.78, 5) is 0. The van der Waals surface area contributed by atoms with Crippen molar-refractivity contribution in [3.05, 3.63) is 90.6 Å². The molecule has 0 spiro atoms. The van der Waals surface area contributed by atoms with Crippen LogP contribution in [0.5, 0.6) is 0 Å². The minimum atomic E-state index is -0.0114. The zero-order valence-electron chi connectivity index (χ0n) is 15.7. The number of hydrogen-bond acceptors (Lipinski definition) is 0. The summed E-state index contributed by atoms with van der Waals surface area (Å²) in [5.41, 5.74) is 7.83. The largest absolute Gasteiger partial charge is 0.213 e. The van der Waals surface area contributed by atoms with Gasteiger partial charge in [-0.1, -0.05) is 62.9 Å². The third-order valence-electron chi connectivity index (χ3n) is 6.05. The fourth-order valence-electron chi connectivity index (χ4n) is 4.47. The summed E-state index contributed by atoms with van der Waals surface area (Å²) >= 11 is 0. The van der Waals surface area contributed by atoms with Crippen LogP contribution >= 0.6 is 0 Å². The van der Waals surface area contributed by atoms with E-state index in [4.69, 9.17) is 0 Å². The Labute approximate surface area is 156 Å². The van der Waals surface area contributed by atoms with E-state index in [0.717, 1.165) is 19.3 Å². The van der Waals surface area contributed by atoms with Gasteiger partial charge in [-0.2, -0.15) is 4.57 Å². The summed E-state index contributed by atoms with van der Waals surface area (Å²) < 4.78 is 2.47. The fraction of sp³-hybridized carbons (Fsp3) is 0.240. The van der Waals surface area contributed by atoms with Crippen molar-refractivity contribution < 1.29 is 4.57 Å². The summed E-state index contributed by atoms with van der Waals surface area (Å²) in [7, 11) is 0. The molecular formula is C25H26N+. The van der Waals surface area contributed by atoms with Crippen molar-refractivity contribution in [1.29, 1.82) is 0 Å². The van der Waals surface area contributed by atoms with Crippen LogP contribution in [0.25, 0.3) is 22.4 Å². The Hall–Kier alpha value is -2.67. The molecule has 1 aliphatic heterocycles. The summed E-state index contributed by atoms with van der Waals surface area (Å²) in [6, 6.07) is 24.1. The van der Waals surface area contributed by atoms with Crippen LogP contribution in [0.15, 0.2) is 85.1 Å². The molecule has 0 radical (unpaired) electrons. The van der Waals surface area contributed by atoms with Crippen LogP contribution in [-0.4, -0.2) is 0 Å². The van der Waals surface area contributed by atoms with Gasteiger partial charge in [0.15, 0.2) is 11.7 Å². The molecule has 1 aromatic heterocycles. The van der Waals surface area contributed by atoms with Crippen LogP contribution in [0.2, 0.25) is 0 Å². The molecule has 130 valence electrons. The van der Waals surface area contributed by atoms with Gasteiger partial charge in [-0.15, -0.1) is 0 Å². The standard InChI is InChI=1S/C25H26N/c1-4-25(5-2)19(3)17-22-15-14-21(20-11-7-6-8-12-20)18-23(22)24-13-9-10-16-26(24)25/h6-16,18H,3-5,17H2,1-2H3/q+1. The lowest BCUT2D eigenvalue weighted by molar-refractivity contribution is -0.746. The van der Waals surface area contributed by atoms with E-state index in [9.17, 15) is 0 Å². The van der Waals surface area contributed by atoms with Crippen LogP contribution in [0.3, 0.4) is 0 Å². The Morgan fingerprint density at radius 3 is 2.35 bits per heavy atom. The second-order valence-corrected chi connectivity index (χ2v) is 7.21. The Morgan fingerprint density at radius 1 is 0.885 bits per heavy atom. The maximum atomic E-state index is 4.53. The van der Waals surface area contributed by atoms with Crippen molar-refractivity contribution >= 4 is 0 Å². The molecule has 0 amide bonds. The van der Waals surface area contributed by atoms with Crippen LogP contribution in [0.4, 0.5) is 0 Å². The van der Waals surface area contributed by atoms with Crippen molar-refractivity contribution in [2.75, 3.05) is 0 Å². The third-order valence-corrected chi connectivity index (χ3v) is 6.05. The zero-order valence-corrected chi connectivity index (χ0v) is 15.7. The van der Waals surface area contributed by atoms with E-state index >= 15 is 0 Å². The molecule has 3 aromatic rings. The van der Waals surface area contributed by atoms with E-state index in [2.05, 4.69) is 97.9 Å². The molecule has 4 rings (SSSR count). The molecule has 26 heavy (non-hydrogen) atoms. The molecule has 1 aliphatic rings. The predicted octanol–water partition coefficient (Wildman–Crippen LogP) is 5.94. The Bertz CT molecular complexity index is 949. The minimum Gasteiger partial charge on any atom is -0.189 e. The zero-order chi connectivity index (χ0) is 18.1. The first-order chi connectivity index (χ1) is 12.7. The average Bonchev–Trinajstić information content (AvgIpc) is 2.80. The van der Waals surface area contributed by atoms with Crippen LogP contribution in [-0.2, 0) is 12.0 Å².